The van der Waals surface area contributed by atoms with Gasteiger partial charge in [-0.05, 0) is 5.56 Å². The molecule has 3 rings (SSSR count). The number of aromatic amines is 1. The summed E-state index contributed by atoms with van der Waals surface area (Å²) in [7, 11) is 0.759. The highest BCUT2D eigenvalue weighted by atomic mass is 19.4. The highest BCUT2D eigenvalue weighted by Gasteiger charge is 2.64. The third kappa shape index (κ3) is 4.31. The number of benzene rings is 2. The molecule has 0 bridgehead atoms. The van der Waals surface area contributed by atoms with E-state index in [-0.39, 0.29) is 11.3 Å². The van der Waals surface area contributed by atoms with Crippen LogP contribution in [0.4, 0.5) is 13.2 Å². The highest BCUT2D eigenvalue weighted by molar-refractivity contribution is 5.83. The minimum Gasteiger partial charge on any atom is -0.508 e. The molecule has 0 amide bonds. The predicted octanol–water partition coefficient (Wildman–Crippen LogP) is 3.82. The van der Waals surface area contributed by atoms with Crippen molar-refractivity contribution in [1.82, 2.24) is 4.98 Å². The molecule has 2 N–H and O–H groups in total. The van der Waals surface area contributed by atoms with Crippen LogP contribution in [0.15, 0.2) is 77.6 Å². The molecule has 9 heteroatoms. The average molecular weight is 433 g/mol. The smallest absolute Gasteiger partial charge is 0.432 e. The maximum Gasteiger partial charge on any atom is 0.432 e. The van der Waals surface area contributed by atoms with Gasteiger partial charge in [0.25, 0.3) is 11.2 Å². The average Bonchev–Trinajstić information content (AvgIpc) is 2.72. The minimum absolute atomic E-state index is 0.107. The lowest BCUT2D eigenvalue weighted by Gasteiger charge is -2.33. The lowest BCUT2D eigenvalue weighted by atomic mass is 9.92. The van der Waals surface area contributed by atoms with E-state index in [1.165, 1.54) is 30.3 Å². The number of carbonyl (C=O) groups excluding carboxylic acids is 1. The van der Waals surface area contributed by atoms with Crippen molar-refractivity contribution in [2.24, 2.45) is 0 Å². The van der Waals surface area contributed by atoms with Gasteiger partial charge < -0.3 is 19.6 Å². The number of halogens is 3. The van der Waals surface area contributed by atoms with Crippen LogP contribution < -0.4 is 5.56 Å². The van der Waals surface area contributed by atoms with E-state index in [4.69, 9.17) is 9.47 Å². The molecule has 0 saturated heterocycles. The van der Waals surface area contributed by atoms with Crippen LogP contribution in [0.2, 0.25) is 0 Å². The monoisotopic (exact) mass is 433 g/mol. The molecule has 0 aliphatic rings. The van der Waals surface area contributed by atoms with Crippen LogP contribution >= 0.6 is 0 Å². The molecule has 2 aromatic carbocycles. The van der Waals surface area contributed by atoms with E-state index in [2.05, 4.69) is 4.98 Å². The van der Waals surface area contributed by atoms with Gasteiger partial charge in [-0.2, -0.15) is 13.2 Å². The SMILES string of the molecule is CO[C@@](C(=O)O[C@H](c1ccccc1)c1cc(O)cc(=O)[nH]1)(c1ccccc1)C(F)(F)F. The summed E-state index contributed by atoms with van der Waals surface area (Å²) in [4.78, 5) is 27.2. The number of alkyl halides is 3. The fraction of sp³-hybridized carbons (Fsp3) is 0.182. The maximum absolute atomic E-state index is 14.2. The van der Waals surface area contributed by atoms with E-state index >= 15 is 0 Å². The first-order chi connectivity index (χ1) is 14.7. The van der Waals surface area contributed by atoms with Crippen molar-refractivity contribution in [3.8, 4) is 5.75 Å². The van der Waals surface area contributed by atoms with Crippen LogP contribution in [0.3, 0.4) is 0 Å². The van der Waals surface area contributed by atoms with Gasteiger partial charge in [0.15, 0.2) is 6.10 Å². The van der Waals surface area contributed by atoms with E-state index in [1.807, 2.05) is 0 Å². The van der Waals surface area contributed by atoms with Crippen LogP contribution in [-0.2, 0) is 19.9 Å². The first-order valence-corrected chi connectivity index (χ1v) is 9.05. The maximum atomic E-state index is 14.2. The Kier molecular flexibility index (Phi) is 6.16. The fourth-order valence-electron chi connectivity index (χ4n) is 3.21. The Hall–Kier alpha value is -3.59. The lowest BCUT2D eigenvalue weighted by Crippen LogP contribution is -2.52. The van der Waals surface area contributed by atoms with Crippen molar-refractivity contribution in [3.05, 3.63) is 100.0 Å². The number of ether oxygens (including phenoxy) is 2. The van der Waals surface area contributed by atoms with Crippen molar-refractivity contribution in [3.63, 3.8) is 0 Å². The first kappa shape index (κ1) is 22.1. The van der Waals surface area contributed by atoms with Crippen molar-refractivity contribution in [1.29, 1.82) is 0 Å². The number of carbonyl (C=O) groups is 1. The molecular weight excluding hydrogens is 415 g/mol. The van der Waals surface area contributed by atoms with E-state index in [1.54, 1.807) is 18.2 Å². The summed E-state index contributed by atoms with van der Waals surface area (Å²) < 4.78 is 52.6. The number of nitrogens with one attached hydrogen (secondary N) is 1. The molecule has 1 heterocycles. The highest BCUT2D eigenvalue weighted by Crippen LogP contribution is 2.44. The summed E-state index contributed by atoms with van der Waals surface area (Å²) in [5.41, 5.74) is -4.42. The van der Waals surface area contributed by atoms with Crippen molar-refractivity contribution < 1.29 is 32.5 Å². The largest absolute Gasteiger partial charge is 0.508 e. The molecule has 162 valence electrons. The molecule has 0 spiro atoms. The summed E-state index contributed by atoms with van der Waals surface area (Å²) in [5.74, 6) is -2.17. The van der Waals surface area contributed by atoms with E-state index in [9.17, 15) is 27.9 Å². The second kappa shape index (κ2) is 8.65. The molecule has 6 nitrogen and oxygen atoms in total. The second-order valence-electron chi connectivity index (χ2n) is 6.60. The molecule has 3 aromatic rings. The molecular formula is C22H18F3NO5. The molecule has 2 atom stereocenters. The fourth-order valence-corrected chi connectivity index (χ4v) is 3.21. The number of H-pyrrole nitrogens is 1. The Morgan fingerprint density at radius 1 is 1.00 bits per heavy atom. The van der Waals surface area contributed by atoms with Crippen LogP contribution in [0.5, 0.6) is 5.75 Å². The number of hydrogen-bond acceptors (Lipinski definition) is 5. The number of esters is 1. The molecule has 0 aliphatic heterocycles. The van der Waals surface area contributed by atoms with Gasteiger partial charge in [-0.3, -0.25) is 4.79 Å². The normalized spacial score (nSPS) is 14.5. The minimum atomic E-state index is -5.16. The van der Waals surface area contributed by atoms with Crippen molar-refractivity contribution in [2.75, 3.05) is 7.11 Å². The molecule has 0 aliphatic carbocycles. The Bertz CT molecular complexity index is 1100. The Morgan fingerprint density at radius 3 is 2.10 bits per heavy atom. The Morgan fingerprint density at radius 2 is 1.58 bits per heavy atom. The van der Waals surface area contributed by atoms with Gasteiger partial charge in [-0.25, -0.2) is 4.79 Å². The van der Waals surface area contributed by atoms with Gasteiger partial charge in [0, 0.05) is 24.8 Å². The first-order valence-electron chi connectivity index (χ1n) is 9.05. The summed E-state index contributed by atoms with van der Waals surface area (Å²) in [6.45, 7) is 0. The third-order valence-corrected chi connectivity index (χ3v) is 4.63. The number of rotatable bonds is 6. The number of methoxy groups -OCH3 is 1. The van der Waals surface area contributed by atoms with Crippen LogP contribution in [0, 0.1) is 0 Å². The summed E-state index contributed by atoms with van der Waals surface area (Å²) in [5, 5.41) is 9.77. The van der Waals surface area contributed by atoms with Crippen LogP contribution in [0.25, 0.3) is 0 Å². The number of aromatic hydroxyl groups is 1. The van der Waals surface area contributed by atoms with Crippen molar-refractivity contribution >= 4 is 5.97 Å². The third-order valence-electron chi connectivity index (χ3n) is 4.63. The van der Waals surface area contributed by atoms with E-state index in [0.29, 0.717) is 0 Å². The number of pyridine rings is 1. The van der Waals surface area contributed by atoms with Gasteiger partial charge in [0.05, 0.1) is 5.69 Å². The zero-order chi connectivity index (χ0) is 22.6. The summed E-state index contributed by atoms with van der Waals surface area (Å²) >= 11 is 0. The van der Waals surface area contributed by atoms with Gasteiger partial charge >= 0.3 is 12.1 Å². The molecule has 0 unspecified atom stereocenters. The van der Waals surface area contributed by atoms with E-state index in [0.717, 1.165) is 31.4 Å². The second-order valence-corrected chi connectivity index (χ2v) is 6.60. The zero-order valence-electron chi connectivity index (χ0n) is 16.2. The van der Waals surface area contributed by atoms with Gasteiger partial charge in [0.1, 0.15) is 5.75 Å². The van der Waals surface area contributed by atoms with Crippen LogP contribution in [-0.4, -0.2) is 29.3 Å². The lowest BCUT2D eigenvalue weighted by molar-refractivity contribution is -0.277. The molecule has 0 fully saturated rings. The number of hydrogen-bond donors (Lipinski definition) is 2. The standard InChI is InChI=1S/C22H18F3NO5/c1-30-21(22(23,24)25,15-10-6-3-7-11-15)20(29)31-19(14-8-4-2-5-9-14)17-12-16(27)13-18(28)26-17/h2-13,19H,1H3,(H2,26,27,28)/t19-,21-/m1/s1. The molecule has 0 saturated carbocycles. The number of aromatic nitrogens is 1. The zero-order valence-corrected chi connectivity index (χ0v) is 16.2. The Balaban J connectivity index is 2.13. The summed E-state index contributed by atoms with van der Waals surface area (Å²) in [6.07, 6.45) is -6.61. The Labute approximate surface area is 174 Å². The molecule has 31 heavy (non-hydrogen) atoms. The van der Waals surface area contributed by atoms with E-state index < -0.39 is 40.7 Å². The topological polar surface area (TPSA) is 88.6 Å². The molecule has 1 aromatic heterocycles. The molecule has 0 radical (unpaired) electrons. The van der Waals surface area contributed by atoms with Gasteiger partial charge in [-0.15, -0.1) is 0 Å². The van der Waals surface area contributed by atoms with Crippen molar-refractivity contribution in [2.45, 2.75) is 17.9 Å². The summed E-state index contributed by atoms with van der Waals surface area (Å²) in [6, 6.07) is 16.2. The van der Waals surface area contributed by atoms with Gasteiger partial charge in [0.2, 0.25) is 0 Å². The van der Waals surface area contributed by atoms with Gasteiger partial charge in [-0.1, -0.05) is 60.7 Å². The predicted molar refractivity (Wildman–Crippen MR) is 104 cm³/mol. The quantitative estimate of drug-likeness (QED) is 0.577. The van der Waals surface area contributed by atoms with Crippen LogP contribution in [0.1, 0.15) is 22.9 Å².